The van der Waals surface area contributed by atoms with Crippen LogP contribution >= 0.6 is 0 Å². The molecule has 2 fully saturated rings. The Kier molecular flexibility index (Phi) is 11.9. The molecule has 2 aliphatic heterocycles. The molecule has 0 saturated carbocycles. The van der Waals surface area contributed by atoms with Gasteiger partial charge in [-0.3, -0.25) is 14.5 Å². The maximum atomic E-state index is 13.5. The fourth-order valence-electron chi connectivity index (χ4n) is 6.75. The zero-order valence-electron chi connectivity index (χ0n) is 30.4. The summed E-state index contributed by atoms with van der Waals surface area (Å²) in [7, 11) is 2.70. The van der Waals surface area contributed by atoms with E-state index in [9.17, 15) is 24.3 Å². The number of carboxylic acid groups (broad SMARTS) is 1. The summed E-state index contributed by atoms with van der Waals surface area (Å²) in [4.78, 5) is 70.6. The number of hydrogen-bond acceptors (Lipinski definition) is 7. The maximum Gasteiger partial charge on any atom is 0.407 e. The molecule has 4 atom stereocenters. The Morgan fingerprint density at radius 1 is 0.827 bits per heavy atom. The zero-order chi connectivity index (χ0) is 37.5. The molecule has 0 aliphatic carbocycles. The number of benzene rings is 1. The van der Waals surface area contributed by atoms with Gasteiger partial charge in [0.2, 0.25) is 11.8 Å². The van der Waals surface area contributed by atoms with Gasteiger partial charge in [-0.25, -0.2) is 19.6 Å². The number of likely N-dealkylation sites (tertiary alicyclic amines) is 2. The lowest BCUT2D eigenvalue weighted by molar-refractivity contribution is -0.138. The van der Waals surface area contributed by atoms with Crippen molar-refractivity contribution in [1.29, 1.82) is 0 Å². The van der Waals surface area contributed by atoms with E-state index in [0.717, 1.165) is 41.7 Å². The summed E-state index contributed by atoms with van der Waals surface area (Å²) < 4.78 is 4.72. The summed E-state index contributed by atoms with van der Waals surface area (Å²) in [6.45, 7) is 8.55. The van der Waals surface area contributed by atoms with Crippen LogP contribution in [0.15, 0.2) is 36.7 Å². The number of hydrogen-bond donors (Lipinski definition) is 4. The Labute approximate surface area is 303 Å². The molecule has 4 amide bonds. The zero-order valence-corrected chi connectivity index (χ0v) is 30.4. The Balaban J connectivity index is 1.21. The van der Waals surface area contributed by atoms with Crippen LogP contribution in [0.5, 0.6) is 0 Å². The molecule has 0 radical (unpaired) electrons. The minimum atomic E-state index is -1.14. The number of imidazole rings is 2. The first kappa shape index (κ1) is 37.5. The standard InChI is InChI=1S/C38H46N8O6/c1-23(2)31(43-37(49)52-6)35(47)45-19-7-9-29(45)33-39-21-27(41-33)17-15-25-11-13-26(14-12-25)16-18-28-22-40-34(42-28)30-10-8-20-46(30)36(48)32(24(3)4)44(5)38(50)51/h11-14,21-24,29-32H,7-10,19-20H2,1-6H3,(H,39,41)(H,40,42)(H,43,49)(H,50,51)/t29-,30-,31-,32-/m0/s1. The number of amides is 4. The van der Waals surface area contributed by atoms with Crippen molar-refractivity contribution in [1.82, 2.24) is 40.0 Å². The van der Waals surface area contributed by atoms with Gasteiger partial charge >= 0.3 is 12.2 Å². The van der Waals surface area contributed by atoms with E-state index in [1.54, 1.807) is 22.2 Å². The van der Waals surface area contributed by atoms with Crippen molar-refractivity contribution in [3.8, 4) is 23.7 Å². The fraction of sp³-hybridized carbons (Fsp3) is 0.474. The van der Waals surface area contributed by atoms with Crippen LogP contribution in [0.2, 0.25) is 0 Å². The first-order chi connectivity index (χ1) is 24.9. The Morgan fingerprint density at radius 2 is 1.31 bits per heavy atom. The Morgan fingerprint density at radius 3 is 1.73 bits per heavy atom. The number of ether oxygens (including phenoxy) is 1. The number of methoxy groups -OCH3 is 1. The molecule has 2 saturated heterocycles. The molecule has 274 valence electrons. The lowest BCUT2D eigenvalue weighted by Gasteiger charge is -2.33. The summed E-state index contributed by atoms with van der Waals surface area (Å²) >= 11 is 0. The first-order valence-electron chi connectivity index (χ1n) is 17.5. The van der Waals surface area contributed by atoms with Gasteiger partial charge in [0, 0.05) is 43.7 Å². The third-order valence-corrected chi connectivity index (χ3v) is 9.45. The Hall–Kier alpha value is -5.76. The van der Waals surface area contributed by atoms with Gasteiger partial charge in [0.15, 0.2) is 0 Å². The third kappa shape index (κ3) is 8.57. The molecule has 14 nitrogen and oxygen atoms in total. The second kappa shape index (κ2) is 16.5. The topological polar surface area (TPSA) is 177 Å². The highest BCUT2D eigenvalue weighted by Crippen LogP contribution is 2.33. The molecule has 4 N–H and O–H groups in total. The van der Waals surface area contributed by atoms with Crippen molar-refractivity contribution < 1.29 is 29.0 Å². The lowest BCUT2D eigenvalue weighted by atomic mass is 10.0. The highest BCUT2D eigenvalue weighted by Gasteiger charge is 2.40. The van der Waals surface area contributed by atoms with Crippen LogP contribution < -0.4 is 5.32 Å². The number of H-pyrrole nitrogens is 2. The van der Waals surface area contributed by atoms with Gasteiger partial charge in [-0.1, -0.05) is 39.5 Å². The molecule has 0 spiro atoms. The number of nitrogens with one attached hydrogen (secondary N) is 3. The van der Waals surface area contributed by atoms with Crippen molar-refractivity contribution in [3.63, 3.8) is 0 Å². The summed E-state index contributed by atoms with van der Waals surface area (Å²) in [5.74, 6) is 13.0. The number of rotatable bonds is 8. The van der Waals surface area contributed by atoms with Crippen LogP contribution in [0, 0.1) is 35.5 Å². The van der Waals surface area contributed by atoms with Crippen molar-refractivity contribution >= 4 is 24.0 Å². The molecule has 2 aromatic heterocycles. The van der Waals surface area contributed by atoms with E-state index in [1.807, 2.05) is 52.0 Å². The van der Waals surface area contributed by atoms with Gasteiger partial charge in [-0.2, -0.15) is 0 Å². The summed E-state index contributed by atoms with van der Waals surface area (Å²) in [5.41, 5.74) is 2.65. The quantitative estimate of drug-likeness (QED) is 0.251. The van der Waals surface area contributed by atoms with Crippen LogP contribution in [0.3, 0.4) is 0 Å². The second-order valence-corrected chi connectivity index (χ2v) is 13.7. The van der Waals surface area contributed by atoms with Gasteiger partial charge in [-0.05, 0) is 73.6 Å². The van der Waals surface area contributed by atoms with E-state index < -0.39 is 24.3 Å². The van der Waals surface area contributed by atoms with Crippen LogP contribution in [0.4, 0.5) is 9.59 Å². The second-order valence-electron chi connectivity index (χ2n) is 13.7. The number of aromatic amines is 2. The van der Waals surface area contributed by atoms with E-state index in [4.69, 9.17) is 4.74 Å². The van der Waals surface area contributed by atoms with E-state index in [0.29, 0.717) is 36.1 Å². The van der Waals surface area contributed by atoms with Gasteiger partial charge in [0.25, 0.3) is 0 Å². The maximum absolute atomic E-state index is 13.5. The van der Waals surface area contributed by atoms with Gasteiger partial charge in [0.05, 0.1) is 19.2 Å². The molecule has 5 rings (SSSR count). The number of nitrogens with zero attached hydrogens (tertiary/aromatic N) is 5. The highest BCUT2D eigenvalue weighted by molar-refractivity contribution is 5.87. The normalized spacial score (nSPS) is 17.9. The Bertz CT molecular complexity index is 1890. The van der Waals surface area contributed by atoms with Crippen molar-refractivity contribution in [2.75, 3.05) is 27.2 Å². The van der Waals surface area contributed by atoms with Gasteiger partial charge in [0.1, 0.15) is 35.1 Å². The van der Waals surface area contributed by atoms with Crippen molar-refractivity contribution in [2.24, 2.45) is 11.8 Å². The molecule has 0 bridgehead atoms. The third-order valence-electron chi connectivity index (χ3n) is 9.45. The van der Waals surface area contributed by atoms with Crippen LogP contribution in [-0.4, -0.2) is 103 Å². The molecule has 14 heteroatoms. The van der Waals surface area contributed by atoms with E-state index >= 15 is 0 Å². The van der Waals surface area contributed by atoms with E-state index in [2.05, 4.69) is 48.9 Å². The monoisotopic (exact) mass is 710 g/mol. The SMILES string of the molecule is COC(=O)N[C@H](C(=O)N1CCC[C@H]1c1nc(C#Cc2ccc(C#Cc3c[nH]c([C@@H]4CCCN4C(=O)[C@H](C(C)C)N(C)C(=O)O)n3)cc2)c[nH]1)C(C)C. The fourth-order valence-corrected chi connectivity index (χ4v) is 6.75. The highest BCUT2D eigenvalue weighted by atomic mass is 16.5. The van der Waals surface area contributed by atoms with Crippen LogP contribution in [0.25, 0.3) is 0 Å². The molecular weight excluding hydrogens is 664 g/mol. The average Bonchev–Trinajstić information content (AvgIpc) is 3.95. The number of carbonyl (C=O) groups excluding carboxylic acids is 3. The number of aromatic nitrogens is 4. The molecule has 1 aromatic carbocycles. The summed E-state index contributed by atoms with van der Waals surface area (Å²) in [5, 5.41) is 12.2. The van der Waals surface area contributed by atoms with E-state index in [1.165, 1.54) is 14.2 Å². The molecule has 52 heavy (non-hydrogen) atoms. The molecule has 4 heterocycles. The minimum absolute atomic E-state index is 0.118. The van der Waals surface area contributed by atoms with Crippen molar-refractivity contribution in [2.45, 2.75) is 77.5 Å². The predicted molar refractivity (Wildman–Crippen MR) is 192 cm³/mol. The first-order valence-corrected chi connectivity index (χ1v) is 17.5. The lowest BCUT2D eigenvalue weighted by Crippen LogP contribution is -2.51. The number of alkyl carbamates (subject to hydrolysis) is 1. The van der Waals surface area contributed by atoms with Gasteiger partial charge in [-0.15, -0.1) is 0 Å². The summed E-state index contributed by atoms with van der Waals surface area (Å²) in [6, 6.07) is 5.50. The molecule has 2 aliphatic rings. The number of likely N-dealkylation sites (N-methyl/N-ethyl adjacent to an activating group) is 1. The molecule has 0 unspecified atom stereocenters. The minimum Gasteiger partial charge on any atom is -0.465 e. The number of carbonyl (C=O) groups is 4. The summed E-state index contributed by atoms with van der Waals surface area (Å²) in [6.07, 6.45) is 4.76. The van der Waals surface area contributed by atoms with Crippen LogP contribution in [0.1, 0.15) is 99.6 Å². The smallest absolute Gasteiger partial charge is 0.407 e. The van der Waals surface area contributed by atoms with Crippen molar-refractivity contribution in [3.05, 3.63) is 70.8 Å². The largest absolute Gasteiger partial charge is 0.465 e. The molecular formula is C38H46N8O6. The van der Waals surface area contributed by atoms with Gasteiger partial charge < -0.3 is 34.9 Å². The molecule has 3 aromatic rings. The average molecular weight is 711 g/mol. The van der Waals surface area contributed by atoms with E-state index in [-0.39, 0.29) is 35.7 Å². The predicted octanol–water partition coefficient (Wildman–Crippen LogP) is 4.27. The van der Waals surface area contributed by atoms with Crippen LogP contribution in [-0.2, 0) is 14.3 Å².